The van der Waals surface area contributed by atoms with Gasteiger partial charge in [-0.05, 0) is 47.9 Å². The van der Waals surface area contributed by atoms with Gasteiger partial charge in [0.05, 0.1) is 6.61 Å². The van der Waals surface area contributed by atoms with Gasteiger partial charge < -0.3 is 9.30 Å². The molecule has 0 bridgehead atoms. The fraction of sp³-hybridized carbons (Fsp3) is 0.300. The van der Waals surface area contributed by atoms with Crippen LogP contribution in [0.5, 0.6) is 5.75 Å². The van der Waals surface area contributed by atoms with Crippen molar-refractivity contribution in [3.8, 4) is 17.1 Å². The minimum atomic E-state index is 0.513. The lowest BCUT2D eigenvalue weighted by molar-refractivity contribution is 0.271. The Morgan fingerprint density at radius 1 is 1.04 bits per heavy atom. The summed E-state index contributed by atoms with van der Waals surface area (Å²) in [7, 11) is 2.00. The Morgan fingerprint density at radius 3 is 2.38 bits per heavy atom. The van der Waals surface area contributed by atoms with E-state index in [-0.39, 0.29) is 0 Å². The number of halogens is 1. The van der Waals surface area contributed by atoms with Gasteiger partial charge in [0.1, 0.15) is 5.75 Å². The summed E-state index contributed by atoms with van der Waals surface area (Å²) < 4.78 is 8.87. The third-order valence-electron chi connectivity index (χ3n) is 3.81. The van der Waals surface area contributed by atoms with E-state index < -0.39 is 0 Å². The molecule has 0 aliphatic heterocycles. The van der Waals surface area contributed by atoms with Gasteiger partial charge in [-0.25, -0.2) is 0 Å². The Hall–Kier alpha value is -1.79. The van der Waals surface area contributed by atoms with E-state index in [1.807, 2.05) is 35.9 Å². The van der Waals surface area contributed by atoms with E-state index in [1.54, 1.807) is 11.8 Å². The minimum Gasteiger partial charge on any atom is -0.493 e. The summed E-state index contributed by atoms with van der Waals surface area (Å²) in [5.41, 5.74) is 2.29. The first-order valence-corrected chi connectivity index (χ1v) is 10.3. The molecular formula is C20H22BrN3OS. The zero-order valence-corrected chi connectivity index (χ0v) is 17.5. The summed E-state index contributed by atoms with van der Waals surface area (Å²) in [5, 5.41) is 9.61. The molecule has 0 atom stereocenters. The van der Waals surface area contributed by atoms with E-state index in [9.17, 15) is 0 Å². The summed E-state index contributed by atoms with van der Waals surface area (Å²) in [6, 6.07) is 16.4. The minimum absolute atomic E-state index is 0.513. The summed E-state index contributed by atoms with van der Waals surface area (Å²) in [6.45, 7) is 5.00. The SMILES string of the molecule is CC(C)COc1ccc(-c2nnc(SCc3ccc(Br)cc3)n2C)cc1. The molecule has 0 amide bonds. The molecule has 26 heavy (non-hydrogen) atoms. The molecule has 0 radical (unpaired) electrons. The fourth-order valence-electron chi connectivity index (χ4n) is 2.38. The number of aromatic nitrogens is 3. The average molecular weight is 432 g/mol. The van der Waals surface area contributed by atoms with Gasteiger partial charge in [0, 0.05) is 22.8 Å². The molecule has 3 rings (SSSR count). The molecule has 3 aromatic rings. The predicted molar refractivity (Wildman–Crippen MR) is 110 cm³/mol. The second-order valence-electron chi connectivity index (χ2n) is 6.51. The van der Waals surface area contributed by atoms with Crippen molar-refractivity contribution in [3.63, 3.8) is 0 Å². The first-order chi connectivity index (χ1) is 12.5. The van der Waals surface area contributed by atoms with Gasteiger partial charge in [-0.1, -0.05) is 53.7 Å². The number of thioether (sulfide) groups is 1. The van der Waals surface area contributed by atoms with Crippen molar-refractivity contribution >= 4 is 27.7 Å². The highest BCUT2D eigenvalue weighted by atomic mass is 79.9. The van der Waals surface area contributed by atoms with Crippen LogP contribution < -0.4 is 4.74 Å². The Labute approximate surface area is 167 Å². The second kappa shape index (κ2) is 8.73. The number of ether oxygens (including phenoxy) is 1. The monoisotopic (exact) mass is 431 g/mol. The van der Waals surface area contributed by atoms with Gasteiger partial charge >= 0.3 is 0 Å². The highest BCUT2D eigenvalue weighted by Crippen LogP contribution is 2.27. The van der Waals surface area contributed by atoms with Gasteiger partial charge in [0.15, 0.2) is 11.0 Å². The number of benzene rings is 2. The maximum atomic E-state index is 5.74. The van der Waals surface area contributed by atoms with Gasteiger partial charge in [-0.2, -0.15) is 0 Å². The fourth-order valence-corrected chi connectivity index (χ4v) is 3.51. The molecular weight excluding hydrogens is 410 g/mol. The Kier molecular flexibility index (Phi) is 6.38. The smallest absolute Gasteiger partial charge is 0.191 e. The van der Waals surface area contributed by atoms with Crippen LogP contribution in [0.15, 0.2) is 58.2 Å². The molecule has 136 valence electrons. The molecule has 0 aliphatic carbocycles. The summed E-state index contributed by atoms with van der Waals surface area (Å²) in [6.07, 6.45) is 0. The van der Waals surface area contributed by atoms with Gasteiger partial charge in [-0.15, -0.1) is 10.2 Å². The lowest BCUT2D eigenvalue weighted by Gasteiger charge is -2.09. The number of rotatable bonds is 7. The van der Waals surface area contributed by atoms with E-state index in [4.69, 9.17) is 4.74 Å². The normalized spacial score (nSPS) is 11.1. The van der Waals surface area contributed by atoms with Crippen LogP contribution in [-0.4, -0.2) is 21.4 Å². The van der Waals surface area contributed by atoms with Crippen molar-refractivity contribution in [1.82, 2.24) is 14.8 Å². The Balaban J connectivity index is 1.67. The van der Waals surface area contributed by atoms with Crippen LogP contribution in [0.1, 0.15) is 19.4 Å². The zero-order chi connectivity index (χ0) is 18.5. The van der Waals surface area contributed by atoms with E-state index in [2.05, 4.69) is 64.2 Å². The van der Waals surface area contributed by atoms with Crippen molar-refractivity contribution in [2.45, 2.75) is 24.8 Å². The quantitative estimate of drug-likeness (QED) is 0.458. The molecule has 1 heterocycles. The van der Waals surface area contributed by atoms with Gasteiger partial charge in [-0.3, -0.25) is 0 Å². The highest BCUT2D eigenvalue weighted by molar-refractivity contribution is 9.10. The van der Waals surface area contributed by atoms with E-state index >= 15 is 0 Å². The van der Waals surface area contributed by atoms with Gasteiger partial charge in [0.2, 0.25) is 0 Å². The van der Waals surface area contributed by atoms with Crippen molar-refractivity contribution in [1.29, 1.82) is 0 Å². The number of hydrogen-bond acceptors (Lipinski definition) is 4. The van der Waals surface area contributed by atoms with Gasteiger partial charge in [0.25, 0.3) is 0 Å². The van der Waals surface area contributed by atoms with Crippen LogP contribution in [0, 0.1) is 5.92 Å². The highest BCUT2D eigenvalue weighted by Gasteiger charge is 2.11. The summed E-state index contributed by atoms with van der Waals surface area (Å²) in [5.74, 6) is 3.12. The van der Waals surface area contributed by atoms with Crippen LogP contribution in [0.3, 0.4) is 0 Å². The number of nitrogens with zero attached hydrogens (tertiary/aromatic N) is 3. The van der Waals surface area contributed by atoms with Crippen molar-refractivity contribution < 1.29 is 4.74 Å². The lowest BCUT2D eigenvalue weighted by atomic mass is 10.2. The molecule has 0 fully saturated rings. The van der Waals surface area contributed by atoms with Crippen molar-refractivity contribution in [2.75, 3.05) is 6.61 Å². The second-order valence-corrected chi connectivity index (χ2v) is 8.37. The van der Waals surface area contributed by atoms with E-state index in [0.29, 0.717) is 5.92 Å². The van der Waals surface area contributed by atoms with E-state index in [0.717, 1.165) is 39.1 Å². The molecule has 0 spiro atoms. The molecule has 0 saturated heterocycles. The van der Waals surface area contributed by atoms with Crippen molar-refractivity contribution in [3.05, 3.63) is 58.6 Å². The molecule has 4 nitrogen and oxygen atoms in total. The molecule has 0 N–H and O–H groups in total. The van der Waals surface area contributed by atoms with Crippen molar-refractivity contribution in [2.24, 2.45) is 13.0 Å². The molecule has 0 saturated carbocycles. The summed E-state index contributed by atoms with van der Waals surface area (Å²) >= 11 is 5.15. The van der Waals surface area contributed by atoms with Crippen LogP contribution >= 0.6 is 27.7 Å². The molecule has 1 aromatic heterocycles. The molecule has 6 heteroatoms. The first-order valence-electron chi connectivity index (χ1n) is 8.53. The van der Waals surface area contributed by atoms with Crippen LogP contribution in [-0.2, 0) is 12.8 Å². The third kappa shape index (κ3) is 4.89. The van der Waals surface area contributed by atoms with Crippen LogP contribution in [0.25, 0.3) is 11.4 Å². The lowest BCUT2D eigenvalue weighted by Crippen LogP contribution is -2.04. The first kappa shape index (κ1) is 19.0. The van der Waals surface area contributed by atoms with E-state index in [1.165, 1.54) is 5.56 Å². The standard InChI is InChI=1S/C20H22BrN3OS/c1-14(2)12-25-18-10-6-16(7-11-18)19-22-23-20(24(19)3)26-13-15-4-8-17(21)9-5-15/h4-11,14H,12-13H2,1-3H3. The topological polar surface area (TPSA) is 39.9 Å². The summed E-state index contributed by atoms with van der Waals surface area (Å²) in [4.78, 5) is 0. The molecule has 0 unspecified atom stereocenters. The third-order valence-corrected chi connectivity index (χ3v) is 5.43. The zero-order valence-electron chi connectivity index (χ0n) is 15.1. The molecule has 0 aliphatic rings. The van der Waals surface area contributed by atoms with Crippen LogP contribution in [0.2, 0.25) is 0 Å². The molecule has 2 aromatic carbocycles. The predicted octanol–water partition coefficient (Wildman–Crippen LogP) is 5.57. The average Bonchev–Trinajstić information content (AvgIpc) is 3.00. The maximum Gasteiger partial charge on any atom is 0.191 e. The number of hydrogen-bond donors (Lipinski definition) is 0. The van der Waals surface area contributed by atoms with Crippen LogP contribution in [0.4, 0.5) is 0 Å². The maximum absolute atomic E-state index is 5.74. The Bertz CT molecular complexity index is 844. The largest absolute Gasteiger partial charge is 0.493 e. The Morgan fingerprint density at radius 2 is 1.73 bits per heavy atom.